The summed E-state index contributed by atoms with van der Waals surface area (Å²) >= 11 is 0. The third-order valence-corrected chi connectivity index (χ3v) is 4.19. The van der Waals surface area contributed by atoms with Crippen molar-refractivity contribution in [1.29, 1.82) is 0 Å². The molecule has 0 amide bonds. The van der Waals surface area contributed by atoms with Crippen LogP contribution in [-0.4, -0.2) is 30.3 Å². The van der Waals surface area contributed by atoms with Crippen molar-refractivity contribution in [2.24, 2.45) is 17.8 Å². The standard InChI is InChI=1S/C14H27NO/c1-10(2)12(4)15(5)9-13-8-11(3)6-7-14(13)16/h10-13H,6-9H2,1-5H3. The molecule has 1 rings (SSSR count). The molecule has 1 aliphatic rings. The van der Waals surface area contributed by atoms with Gasteiger partial charge < -0.3 is 4.90 Å². The Morgan fingerprint density at radius 1 is 1.38 bits per heavy atom. The van der Waals surface area contributed by atoms with Gasteiger partial charge in [0.1, 0.15) is 5.78 Å². The van der Waals surface area contributed by atoms with Crippen LogP contribution < -0.4 is 0 Å². The van der Waals surface area contributed by atoms with Gasteiger partial charge in [0.2, 0.25) is 0 Å². The van der Waals surface area contributed by atoms with Gasteiger partial charge in [-0.15, -0.1) is 0 Å². The largest absolute Gasteiger partial charge is 0.303 e. The van der Waals surface area contributed by atoms with Crippen LogP contribution in [-0.2, 0) is 4.79 Å². The van der Waals surface area contributed by atoms with E-state index in [1.807, 2.05) is 0 Å². The van der Waals surface area contributed by atoms with Crippen molar-refractivity contribution in [2.75, 3.05) is 13.6 Å². The fraction of sp³-hybridized carbons (Fsp3) is 0.929. The summed E-state index contributed by atoms with van der Waals surface area (Å²) in [5.74, 6) is 2.16. The minimum absolute atomic E-state index is 0.287. The maximum absolute atomic E-state index is 11.8. The lowest BCUT2D eigenvalue weighted by Crippen LogP contribution is -2.40. The van der Waals surface area contributed by atoms with E-state index in [2.05, 4.69) is 39.6 Å². The van der Waals surface area contributed by atoms with Gasteiger partial charge in [0.25, 0.3) is 0 Å². The summed E-state index contributed by atoms with van der Waals surface area (Å²) < 4.78 is 0. The normalized spacial score (nSPS) is 28.8. The highest BCUT2D eigenvalue weighted by molar-refractivity contribution is 5.81. The Balaban J connectivity index is 2.48. The highest BCUT2D eigenvalue weighted by atomic mass is 16.1. The SMILES string of the molecule is CC1CCC(=O)C(CN(C)C(C)C(C)C)C1. The van der Waals surface area contributed by atoms with Crippen molar-refractivity contribution in [3.8, 4) is 0 Å². The lowest BCUT2D eigenvalue weighted by Gasteiger charge is -2.33. The Labute approximate surface area is 100 Å². The average Bonchev–Trinajstić information content (AvgIpc) is 2.22. The van der Waals surface area contributed by atoms with Crippen LogP contribution in [0.25, 0.3) is 0 Å². The van der Waals surface area contributed by atoms with Crippen molar-refractivity contribution in [3.05, 3.63) is 0 Å². The number of hydrogen-bond acceptors (Lipinski definition) is 2. The van der Waals surface area contributed by atoms with Gasteiger partial charge >= 0.3 is 0 Å². The molecule has 94 valence electrons. The maximum Gasteiger partial charge on any atom is 0.137 e. The molecule has 0 N–H and O–H groups in total. The minimum Gasteiger partial charge on any atom is -0.303 e. The lowest BCUT2D eigenvalue weighted by atomic mass is 9.81. The fourth-order valence-electron chi connectivity index (χ4n) is 2.53. The van der Waals surface area contributed by atoms with Crippen molar-refractivity contribution in [1.82, 2.24) is 4.90 Å². The van der Waals surface area contributed by atoms with Crippen LogP contribution >= 0.6 is 0 Å². The highest BCUT2D eigenvalue weighted by Crippen LogP contribution is 2.27. The van der Waals surface area contributed by atoms with Crippen LogP contribution in [0.15, 0.2) is 0 Å². The van der Waals surface area contributed by atoms with E-state index >= 15 is 0 Å². The summed E-state index contributed by atoms with van der Waals surface area (Å²) in [6, 6.07) is 0.560. The van der Waals surface area contributed by atoms with Crippen LogP contribution in [0, 0.1) is 17.8 Å². The molecule has 3 atom stereocenters. The summed E-state index contributed by atoms with van der Waals surface area (Å²) in [6.07, 6.45) is 2.99. The molecule has 0 spiro atoms. The molecule has 1 fully saturated rings. The Morgan fingerprint density at radius 3 is 2.56 bits per heavy atom. The zero-order valence-electron chi connectivity index (χ0n) is 11.5. The molecule has 3 unspecified atom stereocenters. The van der Waals surface area contributed by atoms with E-state index in [9.17, 15) is 4.79 Å². The van der Waals surface area contributed by atoms with Crippen molar-refractivity contribution >= 4 is 5.78 Å². The molecule has 2 heteroatoms. The molecule has 16 heavy (non-hydrogen) atoms. The van der Waals surface area contributed by atoms with E-state index in [0.717, 1.165) is 31.7 Å². The van der Waals surface area contributed by atoms with E-state index in [0.29, 0.717) is 17.7 Å². The van der Waals surface area contributed by atoms with Crippen LogP contribution in [0.2, 0.25) is 0 Å². The molecule has 0 aromatic heterocycles. The number of nitrogens with zero attached hydrogens (tertiary/aromatic N) is 1. The summed E-state index contributed by atoms with van der Waals surface area (Å²) in [5.41, 5.74) is 0. The third-order valence-electron chi connectivity index (χ3n) is 4.19. The Bertz CT molecular complexity index is 237. The molecule has 1 aliphatic carbocycles. The zero-order chi connectivity index (χ0) is 12.3. The van der Waals surface area contributed by atoms with Gasteiger partial charge in [-0.1, -0.05) is 20.8 Å². The molecule has 0 radical (unpaired) electrons. The number of carbonyl (C=O) groups excluding carboxylic acids is 1. The molecule has 0 heterocycles. The quantitative estimate of drug-likeness (QED) is 0.733. The summed E-state index contributed by atoms with van der Waals surface area (Å²) in [7, 11) is 2.15. The third kappa shape index (κ3) is 3.58. The smallest absolute Gasteiger partial charge is 0.137 e. The second-order valence-electron chi connectivity index (χ2n) is 5.97. The van der Waals surface area contributed by atoms with E-state index in [1.54, 1.807) is 0 Å². The van der Waals surface area contributed by atoms with E-state index in [-0.39, 0.29) is 5.92 Å². The second kappa shape index (κ2) is 5.81. The van der Waals surface area contributed by atoms with E-state index in [4.69, 9.17) is 0 Å². The predicted octanol–water partition coefficient (Wildman–Crippen LogP) is 2.97. The van der Waals surface area contributed by atoms with Gasteiger partial charge in [0, 0.05) is 24.9 Å². The fourth-order valence-corrected chi connectivity index (χ4v) is 2.53. The average molecular weight is 225 g/mol. The topological polar surface area (TPSA) is 20.3 Å². The molecule has 0 aromatic rings. The first kappa shape index (κ1) is 13.7. The van der Waals surface area contributed by atoms with Gasteiger partial charge in [0.15, 0.2) is 0 Å². The number of rotatable bonds is 4. The first-order valence-electron chi connectivity index (χ1n) is 6.64. The first-order valence-corrected chi connectivity index (χ1v) is 6.64. The van der Waals surface area contributed by atoms with E-state index in [1.165, 1.54) is 0 Å². The zero-order valence-corrected chi connectivity index (χ0v) is 11.5. The summed E-state index contributed by atoms with van der Waals surface area (Å²) in [4.78, 5) is 14.2. The van der Waals surface area contributed by atoms with E-state index < -0.39 is 0 Å². The van der Waals surface area contributed by atoms with Gasteiger partial charge in [-0.25, -0.2) is 0 Å². The molecule has 2 nitrogen and oxygen atoms in total. The Morgan fingerprint density at radius 2 is 2.00 bits per heavy atom. The van der Waals surface area contributed by atoms with Crippen LogP contribution in [0.1, 0.15) is 47.0 Å². The molecule has 0 bridgehead atoms. The number of ketones is 1. The van der Waals surface area contributed by atoms with Gasteiger partial charge in [-0.3, -0.25) is 4.79 Å². The monoisotopic (exact) mass is 225 g/mol. The van der Waals surface area contributed by atoms with Crippen molar-refractivity contribution in [3.63, 3.8) is 0 Å². The summed E-state index contributed by atoms with van der Waals surface area (Å²) in [6.45, 7) is 9.95. The van der Waals surface area contributed by atoms with Crippen molar-refractivity contribution in [2.45, 2.75) is 53.0 Å². The lowest BCUT2D eigenvalue weighted by molar-refractivity contribution is -0.126. The maximum atomic E-state index is 11.8. The summed E-state index contributed by atoms with van der Waals surface area (Å²) in [5, 5.41) is 0. The molecular formula is C14H27NO. The van der Waals surface area contributed by atoms with Crippen LogP contribution in [0.4, 0.5) is 0 Å². The molecule has 0 aliphatic heterocycles. The van der Waals surface area contributed by atoms with Gasteiger partial charge in [-0.2, -0.15) is 0 Å². The van der Waals surface area contributed by atoms with Gasteiger partial charge in [-0.05, 0) is 38.6 Å². The van der Waals surface area contributed by atoms with Gasteiger partial charge in [0.05, 0.1) is 0 Å². The number of Topliss-reactive ketones (excluding diaryl/α,β-unsaturated/α-hetero) is 1. The second-order valence-corrected chi connectivity index (χ2v) is 5.97. The molecule has 0 aromatic carbocycles. The minimum atomic E-state index is 0.287. The highest BCUT2D eigenvalue weighted by Gasteiger charge is 2.28. The van der Waals surface area contributed by atoms with Crippen LogP contribution in [0.5, 0.6) is 0 Å². The first-order chi connectivity index (χ1) is 7.41. The predicted molar refractivity (Wildman–Crippen MR) is 68.4 cm³/mol. The van der Waals surface area contributed by atoms with Crippen molar-refractivity contribution < 1.29 is 4.79 Å². The number of carbonyl (C=O) groups is 1. The number of hydrogen-bond donors (Lipinski definition) is 0. The Kier molecular flexibility index (Phi) is 4.97. The Hall–Kier alpha value is -0.370. The van der Waals surface area contributed by atoms with Crippen LogP contribution in [0.3, 0.4) is 0 Å². The molecule has 1 saturated carbocycles. The molecular weight excluding hydrogens is 198 g/mol. The molecule has 0 saturated heterocycles.